The van der Waals surface area contributed by atoms with Gasteiger partial charge in [0.05, 0.1) is 0 Å². The summed E-state index contributed by atoms with van der Waals surface area (Å²) in [4.78, 5) is 10.7. The maximum Gasteiger partial charge on any atom is 0.225 e. The fourth-order valence-electron chi connectivity index (χ4n) is 1.000. The quantitative estimate of drug-likeness (QED) is 0.577. The Morgan fingerprint density at radius 3 is 2.20 bits per heavy atom. The molecular formula is C6H7Br2ClO. The molecule has 0 radical (unpaired) electrons. The van der Waals surface area contributed by atoms with E-state index in [1.54, 1.807) is 0 Å². The highest BCUT2D eigenvalue weighted by Gasteiger charge is 2.55. The SMILES string of the molecule is O=C(Cl)C1CC1(CBr)CBr. The van der Waals surface area contributed by atoms with Crippen molar-refractivity contribution >= 4 is 48.7 Å². The Labute approximate surface area is 81.8 Å². The smallest absolute Gasteiger partial charge is 0.225 e. The van der Waals surface area contributed by atoms with Crippen LogP contribution in [0.15, 0.2) is 0 Å². The van der Waals surface area contributed by atoms with Gasteiger partial charge in [-0.15, -0.1) is 0 Å². The van der Waals surface area contributed by atoms with Crippen LogP contribution in [-0.4, -0.2) is 15.9 Å². The monoisotopic (exact) mass is 288 g/mol. The first-order chi connectivity index (χ1) is 4.66. The van der Waals surface area contributed by atoms with Gasteiger partial charge in [-0.3, -0.25) is 4.79 Å². The molecule has 1 aliphatic rings. The topological polar surface area (TPSA) is 17.1 Å². The normalized spacial score (nSPS) is 28.1. The molecule has 10 heavy (non-hydrogen) atoms. The van der Waals surface area contributed by atoms with E-state index in [2.05, 4.69) is 31.9 Å². The molecule has 0 N–H and O–H groups in total. The van der Waals surface area contributed by atoms with E-state index in [-0.39, 0.29) is 16.6 Å². The van der Waals surface area contributed by atoms with Crippen molar-refractivity contribution in [3.63, 3.8) is 0 Å². The lowest BCUT2D eigenvalue weighted by Crippen LogP contribution is -2.10. The molecule has 1 fully saturated rings. The summed E-state index contributed by atoms with van der Waals surface area (Å²) in [5.74, 6) is 0.0768. The lowest BCUT2D eigenvalue weighted by molar-refractivity contribution is -0.113. The minimum Gasteiger partial charge on any atom is -0.281 e. The summed E-state index contributed by atoms with van der Waals surface area (Å²) in [6.07, 6.45) is 0.922. The van der Waals surface area contributed by atoms with E-state index < -0.39 is 0 Å². The van der Waals surface area contributed by atoms with Crippen LogP contribution in [0.25, 0.3) is 0 Å². The van der Waals surface area contributed by atoms with Crippen molar-refractivity contribution in [3.05, 3.63) is 0 Å². The number of carbonyl (C=O) groups excluding carboxylic acids is 1. The zero-order valence-corrected chi connectivity index (χ0v) is 9.17. The minimum absolute atomic E-state index is 0.0768. The van der Waals surface area contributed by atoms with E-state index in [1.165, 1.54) is 0 Å². The van der Waals surface area contributed by atoms with E-state index in [0.717, 1.165) is 17.1 Å². The van der Waals surface area contributed by atoms with Crippen LogP contribution in [0.2, 0.25) is 0 Å². The third kappa shape index (κ3) is 1.41. The summed E-state index contributed by atoms with van der Waals surface area (Å²) in [6, 6.07) is 0. The molecule has 1 atom stereocenters. The number of carbonyl (C=O) groups is 1. The average Bonchev–Trinajstić information content (AvgIpc) is 2.63. The van der Waals surface area contributed by atoms with Gasteiger partial charge < -0.3 is 0 Å². The second-order valence-electron chi connectivity index (χ2n) is 2.69. The first kappa shape index (κ1) is 9.01. The third-order valence-corrected chi connectivity index (χ3v) is 4.49. The molecule has 0 bridgehead atoms. The maximum atomic E-state index is 10.7. The van der Waals surface area contributed by atoms with Crippen molar-refractivity contribution in [1.82, 2.24) is 0 Å². The lowest BCUT2D eigenvalue weighted by atomic mass is 10.1. The molecule has 0 amide bonds. The van der Waals surface area contributed by atoms with E-state index in [9.17, 15) is 4.79 Å². The Kier molecular flexibility index (Phi) is 2.81. The molecule has 0 aromatic carbocycles. The number of halogens is 3. The highest BCUT2D eigenvalue weighted by atomic mass is 79.9. The van der Waals surface area contributed by atoms with Crippen LogP contribution < -0.4 is 0 Å². The van der Waals surface area contributed by atoms with E-state index in [4.69, 9.17) is 11.6 Å². The van der Waals surface area contributed by atoms with Crippen molar-refractivity contribution in [2.24, 2.45) is 11.3 Å². The Bertz CT molecular complexity index is 156. The van der Waals surface area contributed by atoms with Crippen molar-refractivity contribution < 1.29 is 4.79 Å². The molecule has 1 nitrogen and oxygen atoms in total. The molecule has 0 saturated heterocycles. The molecule has 0 heterocycles. The largest absolute Gasteiger partial charge is 0.281 e. The van der Waals surface area contributed by atoms with Gasteiger partial charge in [0.15, 0.2) is 0 Å². The average molecular weight is 290 g/mol. The van der Waals surface area contributed by atoms with E-state index in [0.29, 0.717) is 0 Å². The van der Waals surface area contributed by atoms with Gasteiger partial charge in [0.25, 0.3) is 0 Å². The summed E-state index contributed by atoms with van der Waals surface area (Å²) in [5, 5.41) is 1.52. The van der Waals surface area contributed by atoms with Crippen molar-refractivity contribution in [3.8, 4) is 0 Å². The van der Waals surface area contributed by atoms with Crippen molar-refractivity contribution in [1.29, 1.82) is 0 Å². The van der Waals surface area contributed by atoms with Gasteiger partial charge in [-0.25, -0.2) is 0 Å². The van der Waals surface area contributed by atoms with Gasteiger partial charge in [0.1, 0.15) is 0 Å². The van der Waals surface area contributed by atoms with Crippen LogP contribution in [-0.2, 0) is 4.79 Å². The molecule has 1 saturated carbocycles. The molecule has 1 aliphatic carbocycles. The fraction of sp³-hybridized carbons (Fsp3) is 0.833. The lowest BCUT2D eigenvalue weighted by Gasteiger charge is -2.05. The summed E-state index contributed by atoms with van der Waals surface area (Å²) in [6.45, 7) is 0. The number of rotatable bonds is 3. The van der Waals surface area contributed by atoms with Crippen LogP contribution in [0, 0.1) is 11.3 Å². The number of hydrogen-bond acceptors (Lipinski definition) is 1. The molecule has 4 heteroatoms. The Morgan fingerprint density at radius 2 is 2.10 bits per heavy atom. The predicted octanol–water partition coefficient (Wildman–Crippen LogP) is 2.55. The first-order valence-corrected chi connectivity index (χ1v) is 5.59. The summed E-state index contributed by atoms with van der Waals surface area (Å²) >= 11 is 12.1. The van der Waals surface area contributed by atoms with Crippen molar-refractivity contribution in [2.75, 3.05) is 10.7 Å². The molecule has 0 aliphatic heterocycles. The van der Waals surface area contributed by atoms with Crippen LogP contribution in [0.4, 0.5) is 0 Å². The van der Waals surface area contributed by atoms with E-state index >= 15 is 0 Å². The zero-order chi connectivity index (χ0) is 7.78. The first-order valence-electron chi connectivity index (χ1n) is 2.97. The van der Waals surface area contributed by atoms with Crippen LogP contribution in [0.5, 0.6) is 0 Å². The van der Waals surface area contributed by atoms with Crippen LogP contribution in [0.3, 0.4) is 0 Å². The second-order valence-corrected chi connectivity index (χ2v) is 4.18. The van der Waals surface area contributed by atoms with Crippen molar-refractivity contribution in [2.45, 2.75) is 6.42 Å². The van der Waals surface area contributed by atoms with E-state index in [1.807, 2.05) is 0 Å². The standard InChI is InChI=1S/C6H7Br2ClO/c7-2-6(3-8)1-4(6)5(9)10/h4H,1-3H2. The highest BCUT2D eigenvalue weighted by Crippen LogP contribution is 2.55. The summed E-state index contributed by atoms with van der Waals surface area (Å²) < 4.78 is 0. The fourth-order valence-corrected chi connectivity index (χ4v) is 3.48. The van der Waals surface area contributed by atoms with Gasteiger partial charge in [0, 0.05) is 22.0 Å². The molecule has 58 valence electrons. The minimum atomic E-state index is -0.195. The molecule has 1 unspecified atom stereocenters. The van der Waals surface area contributed by atoms with Gasteiger partial charge >= 0.3 is 0 Å². The molecular weight excluding hydrogens is 283 g/mol. The molecule has 0 aromatic heterocycles. The number of hydrogen-bond donors (Lipinski definition) is 0. The number of alkyl halides is 2. The van der Waals surface area contributed by atoms with Crippen LogP contribution in [0.1, 0.15) is 6.42 Å². The van der Waals surface area contributed by atoms with Gasteiger partial charge in [-0.1, -0.05) is 31.9 Å². The second kappa shape index (κ2) is 3.11. The molecule has 0 spiro atoms. The third-order valence-electron chi connectivity index (χ3n) is 2.00. The van der Waals surface area contributed by atoms with Gasteiger partial charge in [0.2, 0.25) is 5.24 Å². The summed E-state index contributed by atoms with van der Waals surface area (Å²) in [5.41, 5.74) is 0.124. The highest BCUT2D eigenvalue weighted by molar-refractivity contribution is 9.09. The van der Waals surface area contributed by atoms with Gasteiger partial charge in [-0.05, 0) is 18.0 Å². The molecule has 0 aromatic rings. The molecule has 1 rings (SSSR count). The predicted molar refractivity (Wildman–Crippen MR) is 49.0 cm³/mol. The Hall–Kier alpha value is 0.920. The maximum absolute atomic E-state index is 10.7. The summed E-state index contributed by atoms with van der Waals surface area (Å²) in [7, 11) is 0. The van der Waals surface area contributed by atoms with Crippen LogP contribution >= 0.6 is 43.5 Å². The Balaban J connectivity index is 2.53. The van der Waals surface area contributed by atoms with Gasteiger partial charge in [-0.2, -0.15) is 0 Å². The Morgan fingerprint density at radius 1 is 1.60 bits per heavy atom. The zero-order valence-electron chi connectivity index (χ0n) is 5.24.